The number of nitrogens with zero attached hydrogens (tertiary/aromatic N) is 1. The number of fused-ring (bicyclic) bond motifs is 1. The molecule has 0 unspecified atom stereocenters. The van der Waals surface area contributed by atoms with Crippen LogP contribution in [0.25, 0.3) is 10.8 Å². The fourth-order valence-electron chi connectivity index (χ4n) is 2.75. The molecular formula is C18H21NO3. The second-order valence-corrected chi connectivity index (χ2v) is 5.43. The fourth-order valence-corrected chi connectivity index (χ4v) is 2.75. The third-order valence-corrected chi connectivity index (χ3v) is 3.99. The van der Waals surface area contributed by atoms with Crippen molar-refractivity contribution in [2.75, 3.05) is 26.3 Å². The van der Waals surface area contributed by atoms with Crippen LogP contribution < -0.4 is 4.74 Å². The zero-order valence-corrected chi connectivity index (χ0v) is 12.8. The highest BCUT2D eigenvalue weighted by Crippen LogP contribution is 2.26. The highest BCUT2D eigenvalue weighted by Gasteiger charge is 2.26. The number of hydrogen-bond donors (Lipinski definition) is 0. The molecule has 0 N–H and O–H groups in total. The molecule has 2 aromatic rings. The number of morpholine rings is 1. The molecule has 0 saturated carbocycles. The molecule has 4 nitrogen and oxygen atoms in total. The third-order valence-electron chi connectivity index (χ3n) is 3.99. The SMILES string of the molecule is CC[C@@H](Oc1cccc2ccccc12)C(=O)N1CCOCC1. The van der Waals surface area contributed by atoms with Gasteiger partial charge in [0.25, 0.3) is 5.91 Å². The number of benzene rings is 2. The van der Waals surface area contributed by atoms with E-state index >= 15 is 0 Å². The first-order valence-corrected chi connectivity index (χ1v) is 7.80. The van der Waals surface area contributed by atoms with Crippen molar-refractivity contribution in [3.05, 3.63) is 42.5 Å². The molecule has 1 heterocycles. The van der Waals surface area contributed by atoms with E-state index in [9.17, 15) is 4.79 Å². The molecule has 1 fully saturated rings. The Kier molecular flexibility index (Phi) is 4.59. The van der Waals surface area contributed by atoms with Gasteiger partial charge < -0.3 is 14.4 Å². The van der Waals surface area contributed by atoms with Crippen molar-refractivity contribution in [2.24, 2.45) is 0 Å². The second-order valence-electron chi connectivity index (χ2n) is 5.43. The van der Waals surface area contributed by atoms with Gasteiger partial charge in [-0.25, -0.2) is 0 Å². The molecule has 3 rings (SSSR count). The van der Waals surface area contributed by atoms with E-state index in [4.69, 9.17) is 9.47 Å². The van der Waals surface area contributed by atoms with Gasteiger partial charge in [-0.1, -0.05) is 43.3 Å². The summed E-state index contributed by atoms with van der Waals surface area (Å²) in [5.74, 6) is 0.824. The topological polar surface area (TPSA) is 38.8 Å². The van der Waals surface area contributed by atoms with E-state index in [1.165, 1.54) is 0 Å². The lowest BCUT2D eigenvalue weighted by molar-refractivity contribution is -0.142. The number of carbonyl (C=O) groups excluding carboxylic acids is 1. The van der Waals surface area contributed by atoms with Gasteiger partial charge in [0.2, 0.25) is 0 Å². The minimum atomic E-state index is -0.441. The Morgan fingerprint density at radius 2 is 1.91 bits per heavy atom. The van der Waals surface area contributed by atoms with Gasteiger partial charge in [0.1, 0.15) is 5.75 Å². The van der Waals surface area contributed by atoms with Crippen molar-refractivity contribution in [3.63, 3.8) is 0 Å². The van der Waals surface area contributed by atoms with E-state index in [0.29, 0.717) is 32.7 Å². The maximum atomic E-state index is 12.6. The van der Waals surface area contributed by atoms with Crippen LogP contribution >= 0.6 is 0 Å². The maximum absolute atomic E-state index is 12.6. The summed E-state index contributed by atoms with van der Waals surface area (Å²) in [5.41, 5.74) is 0. The molecular weight excluding hydrogens is 278 g/mol. The van der Waals surface area contributed by atoms with Crippen LogP contribution in [0.2, 0.25) is 0 Å². The maximum Gasteiger partial charge on any atom is 0.263 e. The first-order chi connectivity index (χ1) is 10.8. The highest BCUT2D eigenvalue weighted by molar-refractivity contribution is 5.89. The molecule has 1 saturated heterocycles. The van der Waals surface area contributed by atoms with Crippen molar-refractivity contribution in [1.82, 2.24) is 4.90 Å². The Balaban J connectivity index is 1.80. The summed E-state index contributed by atoms with van der Waals surface area (Å²) >= 11 is 0. The molecule has 2 aromatic carbocycles. The first-order valence-electron chi connectivity index (χ1n) is 7.80. The van der Waals surface area contributed by atoms with Crippen LogP contribution in [0.1, 0.15) is 13.3 Å². The predicted octanol–water partition coefficient (Wildman–Crippen LogP) is 2.86. The molecule has 0 radical (unpaired) electrons. The average Bonchev–Trinajstić information content (AvgIpc) is 2.60. The van der Waals surface area contributed by atoms with Gasteiger partial charge in [0.05, 0.1) is 13.2 Å². The van der Waals surface area contributed by atoms with Gasteiger partial charge in [-0.15, -0.1) is 0 Å². The highest BCUT2D eigenvalue weighted by atomic mass is 16.5. The van der Waals surface area contributed by atoms with Gasteiger partial charge in [0.15, 0.2) is 6.10 Å². The Morgan fingerprint density at radius 3 is 2.68 bits per heavy atom. The van der Waals surface area contributed by atoms with Gasteiger partial charge in [-0.05, 0) is 17.9 Å². The van der Waals surface area contributed by atoms with E-state index < -0.39 is 6.10 Å². The normalized spacial score (nSPS) is 16.5. The molecule has 0 bridgehead atoms. The van der Waals surface area contributed by atoms with E-state index in [0.717, 1.165) is 16.5 Å². The lowest BCUT2D eigenvalue weighted by Gasteiger charge is -2.30. The summed E-state index contributed by atoms with van der Waals surface area (Å²) in [6.45, 7) is 4.49. The van der Waals surface area contributed by atoms with Crippen LogP contribution in [0, 0.1) is 0 Å². The monoisotopic (exact) mass is 299 g/mol. The lowest BCUT2D eigenvalue weighted by atomic mass is 10.1. The van der Waals surface area contributed by atoms with Crippen LogP contribution in [0.4, 0.5) is 0 Å². The molecule has 0 aliphatic carbocycles. The van der Waals surface area contributed by atoms with Crippen molar-refractivity contribution < 1.29 is 14.3 Å². The summed E-state index contributed by atoms with van der Waals surface area (Å²) in [6, 6.07) is 14.0. The van der Waals surface area contributed by atoms with Crippen molar-refractivity contribution in [3.8, 4) is 5.75 Å². The molecule has 1 aliphatic rings. The number of rotatable bonds is 4. The number of carbonyl (C=O) groups is 1. The molecule has 116 valence electrons. The van der Waals surface area contributed by atoms with Crippen LogP contribution in [-0.4, -0.2) is 43.2 Å². The van der Waals surface area contributed by atoms with Crippen LogP contribution in [0.15, 0.2) is 42.5 Å². The van der Waals surface area contributed by atoms with Gasteiger partial charge in [0, 0.05) is 18.5 Å². The smallest absolute Gasteiger partial charge is 0.263 e. The molecule has 1 aliphatic heterocycles. The van der Waals surface area contributed by atoms with Crippen LogP contribution in [0.5, 0.6) is 5.75 Å². The molecule has 1 amide bonds. The molecule has 4 heteroatoms. The van der Waals surface area contributed by atoms with Gasteiger partial charge in [-0.3, -0.25) is 4.79 Å². The summed E-state index contributed by atoms with van der Waals surface area (Å²) in [6.07, 6.45) is 0.211. The number of amides is 1. The standard InChI is InChI=1S/C18H21NO3/c1-2-16(18(20)19-10-12-21-13-11-19)22-17-9-5-7-14-6-3-4-8-15(14)17/h3-9,16H,2,10-13H2,1H3/t16-/m1/s1. The Bertz CT molecular complexity index is 644. The quantitative estimate of drug-likeness (QED) is 0.871. The van der Waals surface area contributed by atoms with Crippen LogP contribution in [0.3, 0.4) is 0 Å². The minimum Gasteiger partial charge on any atom is -0.480 e. The zero-order chi connectivity index (χ0) is 15.4. The predicted molar refractivity (Wildman–Crippen MR) is 86.1 cm³/mol. The summed E-state index contributed by atoms with van der Waals surface area (Å²) in [4.78, 5) is 14.5. The Hall–Kier alpha value is -2.07. The lowest BCUT2D eigenvalue weighted by Crippen LogP contribution is -2.47. The third kappa shape index (κ3) is 3.07. The number of hydrogen-bond acceptors (Lipinski definition) is 3. The van der Waals surface area contributed by atoms with Gasteiger partial charge in [-0.2, -0.15) is 0 Å². The van der Waals surface area contributed by atoms with Gasteiger partial charge >= 0.3 is 0 Å². The molecule has 1 atom stereocenters. The van der Waals surface area contributed by atoms with Crippen molar-refractivity contribution in [1.29, 1.82) is 0 Å². The van der Waals surface area contributed by atoms with E-state index in [1.807, 2.05) is 54.3 Å². The van der Waals surface area contributed by atoms with E-state index in [1.54, 1.807) is 0 Å². The summed E-state index contributed by atoms with van der Waals surface area (Å²) in [5, 5.41) is 2.16. The molecule has 0 spiro atoms. The summed E-state index contributed by atoms with van der Waals surface area (Å²) in [7, 11) is 0. The average molecular weight is 299 g/mol. The minimum absolute atomic E-state index is 0.0544. The van der Waals surface area contributed by atoms with Crippen molar-refractivity contribution in [2.45, 2.75) is 19.4 Å². The number of ether oxygens (including phenoxy) is 2. The first kappa shape index (κ1) is 14.9. The fraction of sp³-hybridized carbons (Fsp3) is 0.389. The zero-order valence-electron chi connectivity index (χ0n) is 12.8. The van der Waals surface area contributed by atoms with E-state index in [2.05, 4.69) is 0 Å². The second kappa shape index (κ2) is 6.79. The Morgan fingerprint density at radius 1 is 1.18 bits per heavy atom. The van der Waals surface area contributed by atoms with E-state index in [-0.39, 0.29) is 5.91 Å². The molecule has 22 heavy (non-hydrogen) atoms. The largest absolute Gasteiger partial charge is 0.480 e. The molecule has 0 aromatic heterocycles. The Labute approximate surface area is 130 Å². The summed E-state index contributed by atoms with van der Waals surface area (Å²) < 4.78 is 11.4. The van der Waals surface area contributed by atoms with Crippen LogP contribution in [-0.2, 0) is 9.53 Å². The van der Waals surface area contributed by atoms with Crippen molar-refractivity contribution >= 4 is 16.7 Å².